The fraction of sp³-hybridized carbons (Fsp3) is 0.444. The molecule has 8 heteroatoms. The Morgan fingerprint density at radius 3 is 2.88 bits per heavy atom. The summed E-state index contributed by atoms with van der Waals surface area (Å²) in [5, 5.41) is 10.3. The van der Waals surface area contributed by atoms with Crippen LogP contribution >= 0.6 is 11.3 Å². The van der Waals surface area contributed by atoms with Crippen LogP contribution in [0.25, 0.3) is 0 Å². The molecule has 0 aliphatic rings. The summed E-state index contributed by atoms with van der Waals surface area (Å²) < 4.78 is 30.7. The van der Waals surface area contributed by atoms with E-state index >= 15 is 0 Å². The standard InChI is InChI=1S/C9H13NO5S2/c1-15-5-2-4-10-17(13,14)7-3-6-16-8(7)9(11)12/h3,6,10H,2,4-5H2,1H3,(H,11,12). The summed E-state index contributed by atoms with van der Waals surface area (Å²) in [5.41, 5.74) is 0. The zero-order valence-corrected chi connectivity index (χ0v) is 10.8. The highest BCUT2D eigenvalue weighted by Crippen LogP contribution is 2.21. The first-order valence-electron chi connectivity index (χ1n) is 4.78. The average Bonchev–Trinajstić information content (AvgIpc) is 2.74. The normalized spacial score (nSPS) is 11.6. The predicted octanol–water partition coefficient (Wildman–Crippen LogP) is 0.761. The summed E-state index contributed by atoms with van der Waals surface area (Å²) in [7, 11) is -2.23. The van der Waals surface area contributed by atoms with Crippen LogP contribution in [0.15, 0.2) is 16.3 Å². The lowest BCUT2D eigenvalue weighted by atomic mass is 10.5. The van der Waals surface area contributed by atoms with E-state index in [4.69, 9.17) is 9.84 Å². The molecule has 1 aromatic heterocycles. The van der Waals surface area contributed by atoms with Crippen molar-refractivity contribution in [3.63, 3.8) is 0 Å². The number of carboxylic acids is 1. The fourth-order valence-corrected chi connectivity index (χ4v) is 3.50. The second kappa shape index (κ2) is 6.10. The van der Waals surface area contributed by atoms with Crippen LogP contribution in [0, 0.1) is 0 Å². The first-order valence-corrected chi connectivity index (χ1v) is 7.14. The van der Waals surface area contributed by atoms with Gasteiger partial charge in [-0.2, -0.15) is 0 Å². The molecule has 0 amide bonds. The number of carbonyl (C=O) groups is 1. The smallest absolute Gasteiger partial charge is 0.347 e. The molecule has 0 aromatic carbocycles. The zero-order valence-electron chi connectivity index (χ0n) is 9.17. The zero-order chi connectivity index (χ0) is 12.9. The number of rotatable bonds is 7. The van der Waals surface area contributed by atoms with E-state index in [2.05, 4.69) is 4.72 Å². The highest BCUT2D eigenvalue weighted by molar-refractivity contribution is 7.89. The number of ether oxygens (including phenoxy) is 1. The van der Waals surface area contributed by atoms with Crippen LogP contribution < -0.4 is 4.72 Å². The number of thiophene rings is 1. The van der Waals surface area contributed by atoms with Crippen LogP contribution in [0.5, 0.6) is 0 Å². The van der Waals surface area contributed by atoms with Gasteiger partial charge in [0.15, 0.2) is 0 Å². The van der Waals surface area contributed by atoms with Crippen molar-refractivity contribution in [2.24, 2.45) is 0 Å². The van der Waals surface area contributed by atoms with Gasteiger partial charge in [-0.15, -0.1) is 11.3 Å². The number of hydrogen-bond donors (Lipinski definition) is 2. The van der Waals surface area contributed by atoms with Gasteiger partial charge in [0.1, 0.15) is 9.77 Å². The Morgan fingerprint density at radius 1 is 1.59 bits per heavy atom. The quantitative estimate of drug-likeness (QED) is 0.719. The van der Waals surface area contributed by atoms with E-state index in [-0.39, 0.29) is 16.3 Å². The lowest BCUT2D eigenvalue weighted by Gasteiger charge is -2.05. The Kier molecular flexibility index (Phi) is 5.06. The summed E-state index contributed by atoms with van der Waals surface area (Å²) >= 11 is 0.885. The molecule has 96 valence electrons. The van der Waals surface area contributed by atoms with Crippen molar-refractivity contribution in [2.45, 2.75) is 11.3 Å². The minimum atomic E-state index is -3.75. The summed E-state index contributed by atoms with van der Waals surface area (Å²) in [6, 6.07) is 1.28. The Morgan fingerprint density at radius 2 is 2.29 bits per heavy atom. The molecule has 1 heterocycles. The van der Waals surface area contributed by atoms with Crippen LogP contribution in [0.2, 0.25) is 0 Å². The van der Waals surface area contributed by atoms with Gasteiger partial charge in [0.25, 0.3) is 0 Å². The van der Waals surface area contributed by atoms with Gasteiger partial charge in [0, 0.05) is 20.3 Å². The Labute approximate surface area is 103 Å². The molecule has 1 rings (SSSR count). The molecule has 17 heavy (non-hydrogen) atoms. The molecule has 6 nitrogen and oxygen atoms in total. The minimum absolute atomic E-state index is 0.177. The van der Waals surface area contributed by atoms with Gasteiger partial charge >= 0.3 is 5.97 Å². The van der Waals surface area contributed by atoms with Crippen molar-refractivity contribution < 1.29 is 23.1 Å². The van der Waals surface area contributed by atoms with Gasteiger partial charge in [-0.25, -0.2) is 17.9 Å². The van der Waals surface area contributed by atoms with E-state index in [0.29, 0.717) is 13.0 Å². The van der Waals surface area contributed by atoms with Gasteiger partial charge in [-0.3, -0.25) is 0 Å². The molecule has 0 atom stereocenters. The maximum atomic E-state index is 11.8. The fourth-order valence-electron chi connectivity index (χ4n) is 1.17. The van der Waals surface area contributed by atoms with Crippen molar-refractivity contribution in [1.82, 2.24) is 4.72 Å². The van der Waals surface area contributed by atoms with E-state index in [1.807, 2.05) is 0 Å². The van der Waals surface area contributed by atoms with Crippen LogP contribution in [0.3, 0.4) is 0 Å². The number of carboxylic acid groups (broad SMARTS) is 1. The van der Waals surface area contributed by atoms with Crippen molar-refractivity contribution in [1.29, 1.82) is 0 Å². The first-order chi connectivity index (χ1) is 7.99. The van der Waals surface area contributed by atoms with Crippen molar-refractivity contribution >= 4 is 27.3 Å². The Bertz CT molecular complexity index is 479. The van der Waals surface area contributed by atoms with Gasteiger partial charge in [0.2, 0.25) is 10.0 Å². The van der Waals surface area contributed by atoms with Gasteiger partial charge in [-0.1, -0.05) is 0 Å². The third-order valence-electron chi connectivity index (χ3n) is 1.93. The Balaban J connectivity index is 2.76. The van der Waals surface area contributed by atoms with E-state index < -0.39 is 16.0 Å². The number of hydrogen-bond acceptors (Lipinski definition) is 5. The minimum Gasteiger partial charge on any atom is -0.477 e. The lowest BCUT2D eigenvalue weighted by Crippen LogP contribution is -2.26. The molecule has 0 spiro atoms. The second-order valence-corrected chi connectivity index (χ2v) is 5.81. The molecule has 2 N–H and O–H groups in total. The second-order valence-electron chi connectivity index (χ2n) is 3.16. The van der Waals surface area contributed by atoms with E-state index in [0.717, 1.165) is 11.3 Å². The molecular formula is C9H13NO5S2. The largest absolute Gasteiger partial charge is 0.477 e. The molecule has 0 aliphatic heterocycles. The molecule has 0 unspecified atom stereocenters. The van der Waals surface area contributed by atoms with Crippen molar-refractivity contribution in [2.75, 3.05) is 20.3 Å². The topological polar surface area (TPSA) is 92.7 Å². The van der Waals surface area contributed by atoms with E-state index in [1.54, 1.807) is 0 Å². The van der Waals surface area contributed by atoms with Gasteiger partial charge in [-0.05, 0) is 17.9 Å². The maximum absolute atomic E-state index is 11.8. The number of methoxy groups -OCH3 is 1. The van der Waals surface area contributed by atoms with Crippen molar-refractivity contribution in [3.8, 4) is 0 Å². The SMILES string of the molecule is COCCCNS(=O)(=O)c1ccsc1C(=O)O. The molecule has 1 aromatic rings. The molecule has 0 aliphatic carbocycles. The van der Waals surface area contributed by atoms with E-state index in [1.165, 1.54) is 18.6 Å². The van der Waals surface area contributed by atoms with Gasteiger partial charge < -0.3 is 9.84 Å². The van der Waals surface area contributed by atoms with Crippen LogP contribution in [-0.4, -0.2) is 39.8 Å². The summed E-state index contributed by atoms with van der Waals surface area (Å²) in [6.45, 7) is 0.656. The number of nitrogens with one attached hydrogen (secondary N) is 1. The van der Waals surface area contributed by atoms with Crippen LogP contribution in [-0.2, 0) is 14.8 Å². The average molecular weight is 279 g/mol. The molecule has 0 saturated carbocycles. The summed E-state index contributed by atoms with van der Waals surface area (Å²) in [4.78, 5) is 10.4. The predicted molar refractivity (Wildman–Crippen MR) is 63.0 cm³/mol. The highest BCUT2D eigenvalue weighted by atomic mass is 32.2. The molecular weight excluding hydrogens is 266 g/mol. The third-order valence-corrected chi connectivity index (χ3v) is 4.47. The first kappa shape index (κ1) is 14.1. The van der Waals surface area contributed by atoms with Crippen molar-refractivity contribution in [3.05, 3.63) is 16.3 Å². The van der Waals surface area contributed by atoms with E-state index in [9.17, 15) is 13.2 Å². The summed E-state index contributed by atoms with van der Waals surface area (Å²) in [6.07, 6.45) is 0.530. The highest BCUT2D eigenvalue weighted by Gasteiger charge is 2.23. The van der Waals surface area contributed by atoms with Crippen LogP contribution in [0.4, 0.5) is 0 Å². The Hall–Kier alpha value is -0.960. The van der Waals surface area contributed by atoms with Crippen LogP contribution in [0.1, 0.15) is 16.1 Å². The lowest BCUT2D eigenvalue weighted by molar-refractivity contribution is 0.0698. The molecule has 0 fully saturated rings. The molecule has 0 radical (unpaired) electrons. The molecule has 0 saturated heterocycles. The third kappa shape index (κ3) is 3.77. The number of sulfonamides is 1. The van der Waals surface area contributed by atoms with Gasteiger partial charge in [0.05, 0.1) is 0 Å². The summed E-state index contributed by atoms with van der Waals surface area (Å²) in [5.74, 6) is -1.24. The number of aromatic carboxylic acids is 1. The maximum Gasteiger partial charge on any atom is 0.347 e. The monoisotopic (exact) mass is 279 g/mol. The molecule has 0 bridgehead atoms.